The van der Waals surface area contributed by atoms with Crippen LogP contribution in [0.2, 0.25) is 0 Å². The van der Waals surface area contributed by atoms with Gasteiger partial charge in [0, 0.05) is 43.7 Å². The molecule has 2 aliphatic heterocycles. The molecule has 216 valence electrons. The highest BCUT2D eigenvalue weighted by molar-refractivity contribution is 5.92. The molecule has 0 aliphatic carbocycles. The minimum Gasteiger partial charge on any atom is -0.484 e. The number of carbonyl (C=O) groups is 1. The van der Waals surface area contributed by atoms with E-state index < -0.39 is 11.8 Å². The quantitative estimate of drug-likeness (QED) is 0.282. The molecule has 0 amide bonds. The van der Waals surface area contributed by atoms with E-state index in [1.54, 1.807) is 42.5 Å². The fourth-order valence-electron chi connectivity index (χ4n) is 5.36. The van der Waals surface area contributed by atoms with Crippen LogP contribution in [0.3, 0.4) is 0 Å². The van der Waals surface area contributed by atoms with Crippen LogP contribution >= 0.6 is 0 Å². The SMILES string of the molecule is N#Cc1ccc(COc2cc(NC3CCN(Cc4nc5ccc(C(=O)O)cc5n4C[C@@H]4CCO4)CC3)ccc2F)nc1. The van der Waals surface area contributed by atoms with Crippen LogP contribution in [-0.4, -0.2) is 62.4 Å². The molecule has 0 bridgehead atoms. The third-order valence-corrected chi connectivity index (χ3v) is 7.84. The van der Waals surface area contributed by atoms with Gasteiger partial charge in [-0.25, -0.2) is 14.2 Å². The largest absolute Gasteiger partial charge is 0.484 e. The normalized spacial score (nSPS) is 17.5. The van der Waals surface area contributed by atoms with Crippen molar-refractivity contribution in [1.82, 2.24) is 19.4 Å². The second-order valence-electron chi connectivity index (χ2n) is 10.7. The first kappa shape index (κ1) is 27.6. The summed E-state index contributed by atoms with van der Waals surface area (Å²) < 4.78 is 27.9. The smallest absolute Gasteiger partial charge is 0.335 e. The molecular formula is C31H31FN6O4. The van der Waals surface area contributed by atoms with Gasteiger partial charge in [-0.2, -0.15) is 5.26 Å². The van der Waals surface area contributed by atoms with Crippen LogP contribution < -0.4 is 10.1 Å². The number of nitrogens with zero attached hydrogens (tertiary/aromatic N) is 5. The Morgan fingerprint density at radius 2 is 2.00 bits per heavy atom. The van der Waals surface area contributed by atoms with Gasteiger partial charge < -0.3 is 24.5 Å². The summed E-state index contributed by atoms with van der Waals surface area (Å²) in [6.07, 6.45) is 4.37. The van der Waals surface area contributed by atoms with Gasteiger partial charge in [0.1, 0.15) is 18.5 Å². The Hall–Kier alpha value is -4.53. The van der Waals surface area contributed by atoms with Crippen LogP contribution in [0.5, 0.6) is 5.75 Å². The number of pyridine rings is 1. The molecule has 4 aromatic rings. The maximum Gasteiger partial charge on any atom is 0.335 e. The van der Waals surface area contributed by atoms with Gasteiger partial charge in [-0.15, -0.1) is 0 Å². The van der Waals surface area contributed by atoms with Crippen molar-refractivity contribution in [1.29, 1.82) is 5.26 Å². The molecule has 4 heterocycles. The molecule has 11 heteroatoms. The summed E-state index contributed by atoms with van der Waals surface area (Å²) >= 11 is 0. The highest BCUT2D eigenvalue weighted by Gasteiger charge is 2.25. The van der Waals surface area contributed by atoms with Crippen molar-refractivity contribution in [3.8, 4) is 11.8 Å². The van der Waals surface area contributed by atoms with Gasteiger partial charge in [0.2, 0.25) is 0 Å². The number of hydrogen-bond donors (Lipinski definition) is 2. The van der Waals surface area contributed by atoms with Crippen molar-refractivity contribution >= 4 is 22.7 Å². The highest BCUT2D eigenvalue weighted by atomic mass is 19.1. The predicted octanol–water partition coefficient (Wildman–Crippen LogP) is 4.58. The maximum atomic E-state index is 14.4. The molecule has 2 aromatic carbocycles. The van der Waals surface area contributed by atoms with Crippen molar-refractivity contribution in [3.63, 3.8) is 0 Å². The number of piperidine rings is 1. The predicted molar refractivity (Wildman–Crippen MR) is 153 cm³/mol. The summed E-state index contributed by atoms with van der Waals surface area (Å²) in [5, 5.41) is 21.9. The number of aromatic nitrogens is 3. The number of fused-ring (bicyclic) bond motifs is 1. The van der Waals surface area contributed by atoms with E-state index in [0.717, 1.165) is 61.5 Å². The maximum absolute atomic E-state index is 14.4. The first-order valence-electron chi connectivity index (χ1n) is 14.1. The summed E-state index contributed by atoms with van der Waals surface area (Å²) in [4.78, 5) is 23.0. The average Bonchev–Trinajstić information content (AvgIpc) is 3.32. The number of benzene rings is 2. The van der Waals surface area contributed by atoms with E-state index in [1.807, 2.05) is 6.07 Å². The van der Waals surface area contributed by atoms with Crippen molar-refractivity contribution in [2.24, 2.45) is 0 Å². The van der Waals surface area contributed by atoms with E-state index in [0.29, 0.717) is 24.3 Å². The van der Waals surface area contributed by atoms with Crippen molar-refractivity contribution < 1.29 is 23.8 Å². The number of carboxylic acids is 1. The van der Waals surface area contributed by atoms with Crippen LogP contribution in [0.25, 0.3) is 11.0 Å². The molecule has 1 atom stereocenters. The van der Waals surface area contributed by atoms with E-state index in [4.69, 9.17) is 19.7 Å². The third kappa shape index (κ3) is 6.20. The first-order valence-corrected chi connectivity index (χ1v) is 14.1. The van der Waals surface area contributed by atoms with Crippen molar-refractivity contribution in [3.05, 3.63) is 83.2 Å². The van der Waals surface area contributed by atoms with Gasteiger partial charge in [0.25, 0.3) is 0 Å². The minimum atomic E-state index is -0.955. The number of likely N-dealkylation sites (tertiary alicyclic amines) is 1. The molecule has 0 spiro atoms. The summed E-state index contributed by atoms with van der Waals surface area (Å²) in [6, 6.07) is 15.4. The topological polar surface area (TPSA) is 126 Å². The first-order chi connectivity index (χ1) is 20.4. The lowest BCUT2D eigenvalue weighted by Gasteiger charge is -2.33. The van der Waals surface area contributed by atoms with Gasteiger partial charge in [0.05, 0.1) is 47.0 Å². The number of carboxylic acid groups (broad SMARTS) is 1. The molecule has 2 aromatic heterocycles. The van der Waals surface area contributed by atoms with Gasteiger partial charge in [0.15, 0.2) is 11.6 Å². The lowest BCUT2D eigenvalue weighted by molar-refractivity contribution is -0.0592. The Balaban J connectivity index is 1.07. The van der Waals surface area contributed by atoms with Crippen LogP contribution in [0, 0.1) is 17.1 Å². The van der Waals surface area contributed by atoms with Crippen LogP contribution in [0.4, 0.5) is 10.1 Å². The monoisotopic (exact) mass is 570 g/mol. The average molecular weight is 571 g/mol. The number of imidazole rings is 1. The molecular weight excluding hydrogens is 539 g/mol. The summed E-state index contributed by atoms with van der Waals surface area (Å²) in [5.41, 5.74) is 3.70. The zero-order valence-corrected chi connectivity index (χ0v) is 23.0. The summed E-state index contributed by atoms with van der Waals surface area (Å²) in [7, 11) is 0. The number of aromatic carboxylic acids is 1. The number of rotatable bonds is 10. The van der Waals surface area contributed by atoms with E-state index in [2.05, 4.69) is 19.8 Å². The second kappa shape index (κ2) is 12.1. The molecule has 2 fully saturated rings. The van der Waals surface area contributed by atoms with E-state index >= 15 is 0 Å². The van der Waals surface area contributed by atoms with Crippen LogP contribution in [0.15, 0.2) is 54.7 Å². The highest BCUT2D eigenvalue weighted by Crippen LogP contribution is 2.27. The van der Waals surface area contributed by atoms with Crippen LogP contribution in [-0.2, 0) is 24.4 Å². The number of nitrogens with one attached hydrogen (secondary N) is 1. The fraction of sp³-hybridized carbons (Fsp3) is 0.355. The molecule has 6 rings (SSSR count). The molecule has 10 nitrogen and oxygen atoms in total. The van der Waals surface area contributed by atoms with Gasteiger partial charge >= 0.3 is 5.97 Å². The van der Waals surface area contributed by atoms with E-state index in [-0.39, 0.29) is 30.1 Å². The van der Waals surface area contributed by atoms with Crippen molar-refractivity contribution in [2.75, 3.05) is 25.0 Å². The second-order valence-corrected chi connectivity index (χ2v) is 10.7. The Kier molecular flexibility index (Phi) is 7.99. The number of anilines is 1. The van der Waals surface area contributed by atoms with Gasteiger partial charge in [-0.3, -0.25) is 9.88 Å². The Bertz CT molecular complexity index is 1620. The van der Waals surface area contributed by atoms with Gasteiger partial charge in [-0.1, -0.05) is 0 Å². The molecule has 0 unspecified atom stereocenters. The summed E-state index contributed by atoms with van der Waals surface area (Å²) in [6.45, 7) is 3.88. The Morgan fingerprint density at radius 3 is 2.69 bits per heavy atom. The lowest BCUT2D eigenvalue weighted by atomic mass is 10.0. The Morgan fingerprint density at radius 1 is 1.17 bits per heavy atom. The number of hydrogen-bond acceptors (Lipinski definition) is 8. The van der Waals surface area contributed by atoms with Crippen molar-refractivity contribution in [2.45, 2.75) is 51.1 Å². The summed E-state index contributed by atoms with van der Waals surface area (Å²) in [5.74, 6) is -0.353. The fourth-order valence-corrected chi connectivity index (χ4v) is 5.36. The number of ether oxygens (including phenoxy) is 2. The number of halogens is 1. The molecule has 0 radical (unpaired) electrons. The zero-order chi connectivity index (χ0) is 29.1. The Labute approximate surface area is 242 Å². The van der Waals surface area contributed by atoms with Gasteiger partial charge in [-0.05, 0) is 61.7 Å². The number of nitriles is 1. The van der Waals surface area contributed by atoms with Crippen LogP contribution in [0.1, 0.15) is 46.7 Å². The molecule has 2 aliphatic rings. The van der Waals surface area contributed by atoms with E-state index in [9.17, 15) is 14.3 Å². The molecule has 2 saturated heterocycles. The third-order valence-electron chi connectivity index (χ3n) is 7.84. The standard InChI is InChI=1S/C31H31FN6O4/c32-26-5-4-23(14-29(26)42-19-24-3-1-20(15-33)16-34-24)35-22-7-10-37(11-8-22)18-30-36-27-6-2-21(31(39)40)13-28(27)38(30)17-25-9-12-41-25/h1-6,13-14,16,22,25,35H,7-12,17-19H2,(H,39,40)/t25-/m0/s1. The molecule has 0 saturated carbocycles. The lowest BCUT2D eigenvalue weighted by Crippen LogP contribution is -2.39. The molecule has 2 N–H and O–H groups in total. The zero-order valence-electron chi connectivity index (χ0n) is 23.0. The minimum absolute atomic E-state index is 0.0970. The molecule has 42 heavy (non-hydrogen) atoms. The van der Waals surface area contributed by atoms with E-state index in [1.165, 1.54) is 12.3 Å².